The Bertz CT molecular complexity index is 371. The van der Waals surface area contributed by atoms with Gasteiger partial charge in [-0.3, -0.25) is 0 Å². The summed E-state index contributed by atoms with van der Waals surface area (Å²) >= 11 is 0. The molecule has 1 N–H and O–H groups in total. The van der Waals surface area contributed by atoms with Gasteiger partial charge in [0, 0.05) is 0 Å². The molecule has 16 heavy (non-hydrogen) atoms. The molecule has 0 aliphatic heterocycles. The number of rotatable bonds is 1. The van der Waals surface area contributed by atoms with E-state index in [2.05, 4.69) is 32.9 Å². The van der Waals surface area contributed by atoms with Gasteiger partial charge in [-0.15, -0.1) is 0 Å². The predicted molar refractivity (Wildman–Crippen MR) is 67.3 cm³/mol. The molecular weight excluding hydrogens is 196 g/mol. The van der Waals surface area contributed by atoms with Crippen molar-refractivity contribution in [1.82, 2.24) is 0 Å². The molecule has 1 aliphatic rings. The third-order valence-corrected chi connectivity index (χ3v) is 4.18. The minimum absolute atomic E-state index is 0.366. The SMILES string of the molecule is Cc1ccccc1C1(O)CC(C)CCC1C. The maximum Gasteiger partial charge on any atom is 0.0927 e. The minimum atomic E-state index is -0.608. The Morgan fingerprint density at radius 3 is 2.56 bits per heavy atom. The first kappa shape index (κ1) is 11.7. The topological polar surface area (TPSA) is 20.2 Å². The first-order chi connectivity index (χ1) is 7.54. The number of aliphatic hydroxyl groups is 1. The molecule has 0 spiro atoms. The summed E-state index contributed by atoms with van der Waals surface area (Å²) in [4.78, 5) is 0. The monoisotopic (exact) mass is 218 g/mol. The molecule has 0 bridgehead atoms. The average molecular weight is 218 g/mol. The zero-order chi connectivity index (χ0) is 11.8. The molecule has 0 heterocycles. The minimum Gasteiger partial charge on any atom is -0.385 e. The van der Waals surface area contributed by atoms with Crippen LogP contribution in [0.15, 0.2) is 24.3 Å². The summed E-state index contributed by atoms with van der Waals surface area (Å²) in [5.74, 6) is 0.991. The fourth-order valence-electron chi connectivity index (χ4n) is 3.04. The molecule has 3 unspecified atom stereocenters. The van der Waals surface area contributed by atoms with Crippen LogP contribution in [0.25, 0.3) is 0 Å². The number of aryl methyl sites for hydroxylation is 1. The fourth-order valence-corrected chi connectivity index (χ4v) is 3.04. The molecule has 0 amide bonds. The van der Waals surface area contributed by atoms with Crippen molar-refractivity contribution in [1.29, 1.82) is 0 Å². The van der Waals surface area contributed by atoms with E-state index in [4.69, 9.17) is 0 Å². The van der Waals surface area contributed by atoms with Crippen LogP contribution in [-0.2, 0) is 5.60 Å². The summed E-state index contributed by atoms with van der Waals surface area (Å²) in [6.45, 7) is 6.52. The quantitative estimate of drug-likeness (QED) is 0.763. The standard InChI is InChI=1S/C15H22O/c1-11-8-9-13(3)15(16,10-11)14-7-5-4-6-12(14)2/h4-7,11,13,16H,8-10H2,1-3H3. The lowest BCUT2D eigenvalue weighted by Gasteiger charge is -2.42. The molecule has 1 heteroatoms. The van der Waals surface area contributed by atoms with E-state index in [0.29, 0.717) is 11.8 Å². The van der Waals surface area contributed by atoms with Crippen LogP contribution < -0.4 is 0 Å². The molecule has 1 saturated carbocycles. The molecule has 0 aromatic heterocycles. The third kappa shape index (κ3) is 1.89. The number of benzene rings is 1. The van der Waals surface area contributed by atoms with Crippen molar-refractivity contribution >= 4 is 0 Å². The molecule has 0 saturated heterocycles. The van der Waals surface area contributed by atoms with Gasteiger partial charge in [0.25, 0.3) is 0 Å². The van der Waals surface area contributed by atoms with E-state index in [-0.39, 0.29) is 0 Å². The summed E-state index contributed by atoms with van der Waals surface area (Å²) in [5.41, 5.74) is 1.74. The zero-order valence-corrected chi connectivity index (χ0v) is 10.5. The third-order valence-electron chi connectivity index (χ3n) is 4.18. The van der Waals surface area contributed by atoms with E-state index in [1.165, 1.54) is 12.0 Å². The molecule has 1 aliphatic carbocycles. The van der Waals surface area contributed by atoms with E-state index in [0.717, 1.165) is 18.4 Å². The van der Waals surface area contributed by atoms with Crippen LogP contribution in [0.4, 0.5) is 0 Å². The molecule has 2 rings (SSSR count). The molecular formula is C15H22O. The molecule has 3 atom stereocenters. The van der Waals surface area contributed by atoms with Gasteiger partial charge in [-0.25, -0.2) is 0 Å². The van der Waals surface area contributed by atoms with Crippen molar-refractivity contribution in [3.05, 3.63) is 35.4 Å². The van der Waals surface area contributed by atoms with E-state index in [9.17, 15) is 5.11 Å². The Hall–Kier alpha value is -0.820. The zero-order valence-electron chi connectivity index (χ0n) is 10.5. The van der Waals surface area contributed by atoms with E-state index in [1.54, 1.807) is 0 Å². The Morgan fingerprint density at radius 2 is 1.88 bits per heavy atom. The molecule has 1 aromatic rings. The lowest BCUT2D eigenvalue weighted by atomic mass is 9.68. The summed E-state index contributed by atoms with van der Waals surface area (Å²) in [6.07, 6.45) is 3.28. The van der Waals surface area contributed by atoms with Crippen LogP contribution in [0, 0.1) is 18.8 Å². The van der Waals surface area contributed by atoms with Crippen LogP contribution in [-0.4, -0.2) is 5.11 Å². The first-order valence-corrected chi connectivity index (χ1v) is 6.32. The van der Waals surface area contributed by atoms with Gasteiger partial charge in [0.15, 0.2) is 0 Å². The molecule has 88 valence electrons. The Morgan fingerprint density at radius 1 is 1.19 bits per heavy atom. The predicted octanol–water partition coefficient (Wildman–Crippen LogP) is 3.64. The average Bonchev–Trinajstić information content (AvgIpc) is 2.24. The highest BCUT2D eigenvalue weighted by Crippen LogP contribution is 2.44. The highest BCUT2D eigenvalue weighted by Gasteiger charge is 2.40. The second-order valence-corrected chi connectivity index (χ2v) is 5.53. The van der Waals surface area contributed by atoms with Crippen molar-refractivity contribution < 1.29 is 5.11 Å². The normalized spacial score (nSPS) is 35.0. The van der Waals surface area contributed by atoms with E-state index < -0.39 is 5.60 Å². The van der Waals surface area contributed by atoms with Gasteiger partial charge in [-0.05, 0) is 42.7 Å². The van der Waals surface area contributed by atoms with Crippen LogP contribution in [0.3, 0.4) is 0 Å². The summed E-state index contributed by atoms with van der Waals surface area (Å²) in [7, 11) is 0. The van der Waals surface area contributed by atoms with Gasteiger partial charge in [-0.1, -0.05) is 44.5 Å². The molecule has 1 nitrogen and oxygen atoms in total. The van der Waals surface area contributed by atoms with Crippen LogP contribution >= 0.6 is 0 Å². The summed E-state index contributed by atoms with van der Waals surface area (Å²) in [5, 5.41) is 11.0. The lowest BCUT2D eigenvalue weighted by molar-refractivity contribution is -0.0631. The van der Waals surface area contributed by atoms with Crippen molar-refractivity contribution in [3.63, 3.8) is 0 Å². The smallest absolute Gasteiger partial charge is 0.0927 e. The maximum absolute atomic E-state index is 11.0. The first-order valence-electron chi connectivity index (χ1n) is 6.32. The van der Waals surface area contributed by atoms with Gasteiger partial charge < -0.3 is 5.11 Å². The second-order valence-electron chi connectivity index (χ2n) is 5.53. The van der Waals surface area contributed by atoms with Crippen molar-refractivity contribution in [2.75, 3.05) is 0 Å². The highest BCUT2D eigenvalue weighted by atomic mass is 16.3. The Balaban J connectivity index is 2.40. The number of hydrogen-bond acceptors (Lipinski definition) is 1. The van der Waals surface area contributed by atoms with Crippen molar-refractivity contribution in [3.8, 4) is 0 Å². The van der Waals surface area contributed by atoms with E-state index >= 15 is 0 Å². The van der Waals surface area contributed by atoms with Crippen LogP contribution in [0.1, 0.15) is 44.2 Å². The van der Waals surface area contributed by atoms with Crippen LogP contribution in [0.5, 0.6) is 0 Å². The van der Waals surface area contributed by atoms with Gasteiger partial charge in [-0.2, -0.15) is 0 Å². The van der Waals surface area contributed by atoms with Gasteiger partial charge in [0.1, 0.15) is 0 Å². The molecule has 1 fully saturated rings. The van der Waals surface area contributed by atoms with Gasteiger partial charge >= 0.3 is 0 Å². The van der Waals surface area contributed by atoms with Crippen molar-refractivity contribution in [2.45, 2.75) is 45.6 Å². The van der Waals surface area contributed by atoms with Gasteiger partial charge in [0.2, 0.25) is 0 Å². The molecule has 0 radical (unpaired) electrons. The number of hydrogen-bond donors (Lipinski definition) is 1. The maximum atomic E-state index is 11.0. The Kier molecular flexibility index (Phi) is 3.07. The largest absolute Gasteiger partial charge is 0.385 e. The highest BCUT2D eigenvalue weighted by molar-refractivity contribution is 5.32. The Labute approximate surface area is 98.5 Å². The fraction of sp³-hybridized carbons (Fsp3) is 0.600. The summed E-state index contributed by atoms with van der Waals surface area (Å²) in [6, 6.07) is 8.26. The van der Waals surface area contributed by atoms with Crippen molar-refractivity contribution in [2.24, 2.45) is 11.8 Å². The van der Waals surface area contributed by atoms with E-state index in [1.807, 2.05) is 12.1 Å². The second kappa shape index (κ2) is 4.21. The molecule has 1 aromatic carbocycles. The van der Waals surface area contributed by atoms with Crippen LogP contribution in [0.2, 0.25) is 0 Å². The van der Waals surface area contributed by atoms with Gasteiger partial charge in [0.05, 0.1) is 5.60 Å². The summed E-state index contributed by atoms with van der Waals surface area (Å²) < 4.78 is 0. The lowest BCUT2D eigenvalue weighted by Crippen LogP contribution is -2.39.